The van der Waals surface area contributed by atoms with E-state index < -0.39 is 36.3 Å². The third-order valence-corrected chi connectivity index (χ3v) is 1.48. The van der Waals surface area contributed by atoms with Crippen LogP contribution in [0.15, 0.2) is 11.5 Å². The van der Waals surface area contributed by atoms with E-state index in [-0.39, 0.29) is 17.1 Å². The maximum atomic E-state index is 10.5. The molecule has 13 heavy (non-hydrogen) atoms. The van der Waals surface area contributed by atoms with E-state index in [1.54, 1.807) is 0 Å². The van der Waals surface area contributed by atoms with Crippen molar-refractivity contribution in [2.45, 2.75) is 12.2 Å². The van der Waals surface area contributed by atoms with E-state index in [9.17, 15) is 4.79 Å². The number of hydrogen-bond donors (Lipinski definition) is 4. The zero-order valence-corrected chi connectivity index (χ0v) is 7.21. The number of cyclic esters (lactones) is 1. The summed E-state index contributed by atoms with van der Waals surface area (Å²) in [6.07, 6.45) is -2.78. The Morgan fingerprint density at radius 2 is 2.00 bits per heavy atom. The SMILES string of the molecule is O=C1O[C@H](C(O)CO)C(O)=C1O.[Cu]. The third kappa shape index (κ3) is 2.13. The molecule has 2 atom stereocenters. The van der Waals surface area contributed by atoms with Crippen molar-refractivity contribution >= 4 is 5.97 Å². The van der Waals surface area contributed by atoms with E-state index in [0.717, 1.165) is 0 Å². The van der Waals surface area contributed by atoms with Crippen LogP contribution in [0.1, 0.15) is 0 Å². The largest absolute Gasteiger partial charge is 0.505 e. The predicted molar refractivity (Wildman–Crippen MR) is 35.3 cm³/mol. The molecule has 0 fully saturated rings. The molecule has 1 aliphatic rings. The second-order valence-electron chi connectivity index (χ2n) is 2.31. The van der Waals surface area contributed by atoms with E-state index in [1.165, 1.54) is 0 Å². The summed E-state index contributed by atoms with van der Waals surface area (Å²) in [5.74, 6) is -2.78. The minimum atomic E-state index is -1.42. The first-order valence-electron chi connectivity index (χ1n) is 3.20. The Hall–Kier alpha value is -0.751. The van der Waals surface area contributed by atoms with E-state index in [2.05, 4.69) is 4.74 Å². The smallest absolute Gasteiger partial charge is 0.377 e. The zero-order valence-electron chi connectivity index (χ0n) is 6.27. The van der Waals surface area contributed by atoms with Gasteiger partial charge in [0.2, 0.25) is 5.76 Å². The van der Waals surface area contributed by atoms with E-state index in [0.29, 0.717) is 0 Å². The Labute approximate surface area is 83.9 Å². The van der Waals surface area contributed by atoms with E-state index >= 15 is 0 Å². The number of carbonyl (C=O) groups is 1. The minimum Gasteiger partial charge on any atom is -0.505 e. The fourth-order valence-electron chi connectivity index (χ4n) is 0.823. The monoisotopic (exact) mass is 239 g/mol. The van der Waals surface area contributed by atoms with Gasteiger partial charge in [0.05, 0.1) is 6.61 Å². The number of carbonyl (C=O) groups excluding carboxylic acids is 1. The Bertz CT molecular complexity index is 237. The maximum Gasteiger partial charge on any atom is 0.377 e. The number of aliphatic hydroxyl groups is 4. The van der Waals surface area contributed by atoms with Crippen molar-refractivity contribution in [3.8, 4) is 0 Å². The van der Waals surface area contributed by atoms with Gasteiger partial charge in [-0.05, 0) is 0 Å². The van der Waals surface area contributed by atoms with Gasteiger partial charge in [-0.2, -0.15) is 0 Å². The third-order valence-electron chi connectivity index (χ3n) is 1.48. The number of hydrogen-bond acceptors (Lipinski definition) is 6. The molecule has 1 radical (unpaired) electrons. The van der Waals surface area contributed by atoms with Gasteiger partial charge in [-0.25, -0.2) is 4.79 Å². The summed E-state index contributed by atoms with van der Waals surface area (Å²) in [5, 5.41) is 35.0. The summed E-state index contributed by atoms with van der Waals surface area (Å²) in [6.45, 7) is -0.671. The van der Waals surface area contributed by atoms with E-state index in [1.807, 2.05) is 0 Å². The van der Waals surface area contributed by atoms with Gasteiger partial charge in [0, 0.05) is 17.1 Å². The molecule has 0 saturated heterocycles. The standard InChI is InChI=1S/C6H8O6.Cu/c7-1-2(8)5-3(9)4(10)6(11)12-5;/h2,5,7-10H,1H2;/t2?,5-;/m1./s1. The molecule has 1 rings (SSSR count). The van der Waals surface area contributed by atoms with Crippen molar-refractivity contribution in [3.05, 3.63) is 11.5 Å². The first-order chi connectivity index (χ1) is 5.57. The average Bonchev–Trinajstić information content (AvgIpc) is 2.32. The molecular weight excluding hydrogens is 232 g/mol. The summed E-state index contributed by atoms with van der Waals surface area (Å²) in [7, 11) is 0. The predicted octanol–water partition coefficient (Wildman–Crippen LogP) is -1.41. The molecule has 0 amide bonds. The van der Waals surface area contributed by atoms with Crippen LogP contribution < -0.4 is 0 Å². The van der Waals surface area contributed by atoms with Gasteiger partial charge in [0.25, 0.3) is 0 Å². The second kappa shape index (κ2) is 4.48. The number of rotatable bonds is 2. The van der Waals surface area contributed by atoms with Crippen LogP contribution in [0.4, 0.5) is 0 Å². The Balaban J connectivity index is 0.00000144. The van der Waals surface area contributed by atoms with Crippen LogP contribution in [0.3, 0.4) is 0 Å². The van der Waals surface area contributed by atoms with Gasteiger partial charge in [0.15, 0.2) is 11.9 Å². The van der Waals surface area contributed by atoms with Gasteiger partial charge in [-0.3, -0.25) is 0 Å². The van der Waals surface area contributed by atoms with Crippen LogP contribution >= 0.6 is 0 Å². The van der Waals surface area contributed by atoms with Crippen molar-refractivity contribution in [1.82, 2.24) is 0 Å². The summed E-state index contributed by atoms with van der Waals surface area (Å²) < 4.78 is 4.32. The number of aliphatic hydroxyl groups excluding tert-OH is 4. The zero-order chi connectivity index (χ0) is 9.30. The first kappa shape index (κ1) is 12.2. The summed E-state index contributed by atoms with van der Waals surface area (Å²) in [4.78, 5) is 10.5. The molecular formula is C6H8CuO6. The van der Waals surface area contributed by atoms with Crippen molar-refractivity contribution in [3.63, 3.8) is 0 Å². The molecule has 0 bridgehead atoms. The van der Waals surface area contributed by atoms with Gasteiger partial charge in [0.1, 0.15) is 6.10 Å². The van der Waals surface area contributed by atoms with Gasteiger partial charge < -0.3 is 25.2 Å². The van der Waals surface area contributed by atoms with Gasteiger partial charge in [-0.1, -0.05) is 0 Å². The van der Waals surface area contributed by atoms with Crippen molar-refractivity contribution in [1.29, 1.82) is 0 Å². The normalized spacial score (nSPS) is 23.8. The Morgan fingerprint density at radius 3 is 2.31 bits per heavy atom. The molecule has 6 nitrogen and oxygen atoms in total. The maximum absolute atomic E-state index is 10.5. The molecule has 0 aromatic carbocycles. The summed E-state index contributed by atoms with van der Waals surface area (Å²) in [6, 6.07) is 0. The molecule has 7 heteroatoms. The Morgan fingerprint density at radius 1 is 1.46 bits per heavy atom. The molecule has 1 heterocycles. The number of ether oxygens (including phenoxy) is 1. The molecule has 0 saturated carbocycles. The van der Waals surface area contributed by atoms with Crippen molar-refractivity contribution in [2.24, 2.45) is 0 Å². The topological polar surface area (TPSA) is 107 Å². The molecule has 0 spiro atoms. The average molecular weight is 240 g/mol. The fraction of sp³-hybridized carbons (Fsp3) is 0.500. The first-order valence-corrected chi connectivity index (χ1v) is 3.20. The van der Waals surface area contributed by atoms with Gasteiger partial charge >= 0.3 is 5.97 Å². The van der Waals surface area contributed by atoms with Crippen LogP contribution in [-0.4, -0.2) is 45.2 Å². The summed E-state index contributed by atoms with van der Waals surface area (Å²) in [5.41, 5.74) is 0. The van der Waals surface area contributed by atoms with Crippen molar-refractivity contribution in [2.75, 3.05) is 6.61 Å². The molecule has 0 aromatic heterocycles. The molecule has 79 valence electrons. The fourth-order valence-corrected chi connectivity index (χ4v) is 0.823. The van der Waals surface area contributed by atoms with Crippen LogP contribution in [0.2, 0.25) is 0 Å². The molecule has 0 aliphatic carbocycles. The van der Waals surface area contributed by atoms with Crippen LogP contribution in [0.5, 0.6) is 0 Å². The quantitative estimate of drug-likeness (QED) is 0.348. The number of esters is 1. The van der Waals surface area contributed by atoms with Crippen molar-refractivity contribution < 1.29 is 47.0 Å². The van der Waals surface area contributed by atoms with Gasteiger partial charge in [-0.15, -0.1) is 0 Å². The molecule has 4 N–H and O–H groups in total. The summed E-state index contributed by atoms with van der Waals surface area (Å²) >= 11 is 0. The van der Waals surface area contributed by atoms with Crippen LogP contribution in [-0.2, 0) is 26.6 Å². The van der Waals surface area contributed by atoms with Crippen LogP contribution in [0, 0.1) is 0 Å². The van der Waals surface area contributed by atoms with E-state index in [4.69, 9.17) is 20.4 Å². The van der Waals surface area contributed by atoms with Crippen LogP contribution in [0.25, 0.3) is 0 Å². The Kier molecular flexibility index (Phi) is 4.22. The molecule has 1 aliphatic heterocycles. The molecule has 1 unspecified atom stereocenters. The minimum absolute atomic E-state index is 0. The molecule has 0 aromatic rings. The second-order valence-corrected chi connectivity index (χ2v) is 2.31.